The number of nitrogens with one attached hydrogen (secondary N) is 2. The normalized spacial score (nSPS) is 12.2. The van der Waals surface area contributed by atoms with Gasteiger partial charge in [-0.25, -0.2) is 9.59 Å². The van der Waals surface area contributed by atoms with E-state index < -0.39 is 24.6 Å². The summed E-state index contributed by atoms with van der Waals surface area (Å²) < 4.78 is 5.27. The number of aliphatic hydroxyl groups is 1. The molecule has 0 unspecified atom stereocenters. The molecule has 0 rings (SSSR count). The number of aliphatic hydroxyl groups excluding tert-OH is 1. The van der Waals surface area contributed by atoms with Crippen LogP contribution in [-0.4, -0.2) is 54.6 Å². The summed E-state index contributed by atoms with van der Waals surface area (Å²) in [6.45, 7) is 4.84. The Labute approximate surface area is 107 Å². The van der Waals surface area contributed by atoms with E-state index in [2.05, 4.69) is 24.5 Å². The first kappa shape index (κ1) is 16.7. The predicted molar refractivity (Wildman–Crippen MR) is 65.3 cm³/mol. The van der Waals surface area contributed by atoms with Gasteiger partial charge in [-0.1, -0.05) is 13.8 Å². The van der Waals surface area contributed by atoms with Gasteiger partial charge < -0.3 is 25.6 Å². The van der Waals surface area contributed by atoms with Crippen LogP contribution in [0.3, 0.4) is 0 Å². The van der Waals surface area contributed by atoms with Gasteiger partial charge in [0.2, 0.25) is 0 Å². The van der Waals surface area contributed by atoms with E-state index in [1.807, 2.05) is 0 Å². The number of carboxylic acid groups (broad SMARTS) is 1. The van der Waals surface area contributed by atoms with Crippen molar-refractivity contribution in [2.24, 2.45) is 5.92 Å². The van der Waals surface area contributed by atoms with Gasteiger partial charge >= 0.3 is 12.0 Å². The Hall–Kier alpha value is -1.34. The van der Waals surface area contributed by atoms with Crippen LogP contribution < -0.4 is 10.6 Å². The van der Waals surface area contributed by atoms with Gasteiger partial charge in [0.05, 0.1) is 13.2 Å². The number of urea groups is 1. The molecule has 106 valence electrons. The molecule has 7 nitrogen and oxygen atoms in total. The Bertz CT molecular complexity index is 258. The van der Waals surface area contributed by atoms with Crippen molar-refractivity contribution in [3.8, 4) is 0 Å². The van der Waals surface area contributed by atoms with Crippen molar-refractivity contribution in [2.45, 2.75) is 26.3 Å². The molecule has 0 saturated carbocycles. The molecule has 1 atom stereocenters. The molecule has 0 aliphatic carbocycles. The Morgan fingerprint density at radius 3 is 2.44 bits per heavy atom. The minimum Gasteiger partial charge on any atom is -0.480 e. The van der Waals surface area contributed by atoms with Crippen molar-refractivity contribution >= 4 is 12.0 Å². The number of carboxylic acids is 1. The summed E-state index contributed by atoms with van der Waals surface area (Å²) in [5.74, 6) is -0.706. The van der Waals surface area contributed by atoms with Gasteiger partial charge in [-0.2, -0.15) is 0 Å². The lowest BCUT2D eigenvalue weighted by atomic mass is 10.1. The van der Waals surface area contributed by atoms with Crippen LogP contribution in [-0.2, 0) is 9.53 Å². The van der Waals surface area contributed by atoms with Gasteiger partial charge in [0, 0.05) is 13.2 Å². The maximum atomic E-state index is 11.2. The second-order valence-electron chi connectivity index (χ2n) is 4.27. The van der Waals surface area contributed by atoms with Crippen LogP contribution in [0.2, 0.25) is 0 Å². The summed E-state index contributed by atoms with van der Waals surface area (Å²) in [5, 5.41) is 21.8. The van der Waals surface area contributed by atoms with E-state index in [4.69, 9.17) is 14.9 Å². The highest BCUT2D eigenvalue weighted by atomic mass is 16.5. The fraction of sp³-hybridized carbons (Fsp3) is 0.818. The van der Waals surface area contributed by atoms with Crippen LogP contribution in [0.4, 0.5) is 4.79 Å². The van der Waals surface area contributed by atoms with Crippen LogP contribution in [0, 0.1) is 5.92 Å². The van der Waals surface area contributed by atoms with Crippen LogP contribution in [0.25, 0.3) is 0 Å². The maximum absolute atomic E-state index is 11.2. The molecular formula is C11H22N2O5. The summed E-state index contributed by atoms with van der Waals surface area (Å²) >= 11 is 0. The van der Waals surface area contributed by atoms with E-state index in [1.165, 1.54) is 0 Å². The van der Waals surface area contributed by atoms with E-state index in [-0.39, 0.29) is 0 Å². The van der Waals surface area contributed by atoms with Crippen LogP contribution in [0.15, 0.2) is 0 Å². The number of carbonyl (C=O) groups excluding carboxylic acids is 1. The number of hydrogen-bond acceptors (Lipinski definition) is 4. The molecule has 0 saturated heterocycles. The molecule has 0 aromatic carbocycles. The number of hydrogen-bond donors (Lipinski definition) is 4. The van der Waals surface area contributed by atoms with E-state index in [0.717, 1.165) is 6.42 Å². The van der Waals surface area contributed by atoms with Gasteiger partial charge in [-0.15, -0.1) is 0 Å². The Kier molecular flexibility index (Phi) is 8.95. The number of amides is 2. The first-order chi connectivity index (χ1) is 8.47. The molecular weight excluding hydrogens is 240 g/mol. The topological polar surface area (TPSA) is 108 Å². The molecule has 4 N–H and O–H groups in total. The molecule has 2 amide bonds. The third-order valence-electron chi connectivity index (χ3n) is 2.16. The third-order valence-corrected chi connectivity index (χ3v) is 2.16. The van der Waals surface area contributed by atoms with E-state index in [0.29, 0.717) is 25.7 Å². The van der Waals surface area contributed by atoms with Crippen LogP contribution in [0.5, 0.6) is 0 Å². The molecule has 7 heteroatoms. The van der Waals surface area contributed by atoms with Gasteiger partial charge in [0.1, 0.15) is 0 Å². The van der Waals surface area contributed by atoms with Crippen molar-refractivity contribution < 1.29 is 24.5 Å². The van der Waals surface area contributed by atoms with Crippen LogP contribution >= 0.6 is 0 Å². The second kappa shape index (κ2) is 9.67. The largest absolute Gasteiger partial charge is 0.480 e. The van der Waals surface area contributed by atoms with E-state index >= 15 is 0 Å². The zero-order valence-electron chi connectivity index (χ0n) is 10.8. The molecule has 18 heavy (non-hydrogen) atoms. The average molecular weight is 262 g/mol. The highest BCUT2D eigenvalue weighted by Gasteiger charge is 2.17. The minimum absolute atomic E-state index is 0.293. The van der Waals surface area contributed by atoms with Crippen molar-refractivity contribution in [3.05, 3.63) is 0 Å². The standard InChI is InChI=1S/C11H22N2O5/c1-8(2)3-5-18-6-4-12-11(17)13-9(7-14)10(15)16/h8-9,14H,3-7H2,1-2H3,(H,15,16)(H2,12,13,17)/t9-/m1/s1. The molecule has 0 aliphatic heterocycles. The first-order valence-electron chi connectivity index (χ1n) is 5.93. The van der Waals surface area contributed by atoms with Gasteiger partial charge in [-0.3, -0.25) is 0 Å². The Balaban J connectivity index is 3.56. The summed E-state index contributed by atoms with van der Waals surface area (Å²) in [6.07, 6.45) is 0.956. The molecule has 0 aliphatic rings. The molecule has 0 bridgehead atoms. The fourth-order valence-electron chi connectivity index (χ4n) is 1.05. The van der Waals surface area contributed by atoms with E-state index in [9.17, 15) is 9.59 Å². The number of carbonyl (C=O) groups is 2. The monoisotopic (exact) mass is 262 g/mol. The molecule has 0 fully saturated rings. The van der Waals surface area contributed by atoms with Crippen molar-refractivity contribution in [1.29, 1.82) is 0 Å². The predicted octanol–water partition coefficient (Wildman–Crippen LogP) is -0.206. The first-order valence-corrected chi connectivity index (χ1v) is 5.93. The quantitative estimate of drug-likeness (QED) is 0.430. The summed E-state index contributed by atoms with van der Waals surface area (Å²) in [7, 11) is 0. The lowest BCUT2D eigenvalue weighted by molar-refractivity contribution is -0.140. The zero-order chi connectivity index (χ0) is 14.0. The smallest absolute Gasteiger partial charge is 0.328 e. The Morgan fingerprint density at radius 2 is 1.94 bits per heavy atom. The molecule has 0 aromatic rings. The third kappa shape index (κ3) is 8.77. The molecule has 0 radical (unpaired) electrons. The highest BCUT2D eigenvalue weighted by Crippen LogP contribution is 1.98. The molecule has 0 aromatic heterocycles. The van der Waals surface area contributed by atoms with Crippen molar-refractivity contribution in [2.75, 3.05) is 26.4 Å². The fourth-order valence-corrected chi connectivity index (χ4v) is 1.05. The van der Waals surface area contributed by atoms with Crippen molar-refractivity contribution in [3.63, 3.8) is 0 Å². The number of rotatable bonds is 9. The van der Waals surface area contributed by atoms with E-state index in [1.54, 1.807) is 0 Å². The van der Waals surface area contributed by atoms with Crippen LogP contribution in [0.1, 0.15) is 20.3 Å². The summed E-state index contributed by atoms with van der Waals surface area (Å²) in [4.78, 5) is 21.7. The van der Waals surface area contributed by atoms with Gasteiger partial charge in [0.15, 0.2) is 6.04 Å². The lowest BCUT2D eigenvalue weighted by Gasteiger charge is -2.12. The molecule has 0 heterocycles. The highest BCUT2D eigenvalue weighted by molar-refractivity contribution is 5.82. The molecule has 0 spiro atoms. The second-order valence-corrected chi connectivity index (χ2v) is 4.27. The van der Waals surface area contributed by atoms with Gasteiger partial charge in [-0.05, 0) is 12.3 Å². The minimum atomic E-state index is -1.29. The van der Waals surface area contributed by atoms with Crippen molar-refractivity contribution in [1.82, 2.24) is 10.6 Å². The number of aliphatic carboxylic acids is 1. The number of ether oxygens (including phenoxy) is 1. The summed E-state index contributed by atoms with van der Waals surface area (Å²) in [6, 6.07) is -1.92. The summed E-state index contributed by atoms with van der Waals surface area (Å²) in [5.41, 5.74) is 0. The maximum Gasteiger partial charge on any atom is 0.328 e. The Morgan fingerprint density at radius 1 is 1.28 bits per heavy atom. The zero-order valence-corrected chi connectivity index (χ0v) is 10.8. The SMILES string of the molecule is CC(C)CCOCCNC(=O)N[C@H](CO)C(=O)O. The lowest BCUT2D eigenvalue weighted by Crippen LogP contribution is -2.48. The average Bonchev–Trinajstić information content (AvgIpc) is 2.29. The van der Waals surface area contributed by atoms with Gasteiger partial charge in [0.25, 0.3) is 0 Å².